The maximum absolute atomic E-state index is 12.2. The van der Waals surface area contributed by atoms with Gasteiger partial charge >= 0.3 is 11.9 Å². The summed E-state index contributed by atoms with van der Waals surface area (Å²) in [5, 5.41) is 10.1. The zero-order valence-corrected chi connectivity index (χ0v) is 18.0. The molecule has 0 radical (unpaired) electrons. The van der Waals surface area contributed by atoms with Crippen LogP contribution in [0, 0.1) is 0 Å². The summed E-state index contributed by atoms with van der Waals surface area (Å²) >= 11 is 0. The van der Waals surface area contributed by atoms with Gasteiger partial charge in [-0.1, -0.05) is 57.0 Å². The molecule has 0 saturated carbocycles. The van der Waals surface area contributed by atoms with Crippen LogP contribution in [0.1, 0.15) is 64.4 Å². The Balaban J connectivity index is 2.05. The van der Waals surface area contributed by atoms with Crippen LogP contribution in [-0.2, 0) is 35.1 Å². The summed E-state index contributed by atoms with van der Waals surface area (Å²) in [6, 6.07) is 9.60. The Bertz CT molecular complexity index is 634. The molecule has 0 spiro atoms. The quantitative estimate of drug-likeness (QED) is 0.515. The normalized spacial score (nSPS) is 23.7. The molecule has 1 fully saturated rings. The number of carbonyl (C=O) groups is 2. The van der Waals surface area contributed by atoms with E-state index < -0.39 is 24.6 Å². The standard InChI is InChI=1S/C23H34O7/c1-3-5-12-20(24)27-16-19-23(28-15-17-10-8-7-9-11-17)18(14-22(26)30-19)29-21(25)13-6-4-2/h7-11,18-19,22-23,26H,3-6,12-16H2,1-2H3/t18-,19-,22?,23+/m1/s1. The average molecular weight is 423 g/mol. The van der Waals surface area contributed by atoms with Gasteiger partial charge in [0.05, 0.1) is 6.61 Å². The molecule has 168 valence electrons. The molecule has 7 nitrogen and oxygen atoms in total. The third-order valence-electron chi connectivity index (χ3n) is 4.94. The van der Waals surface area contributed by atoms with Crippen molar-refractivity contribution in [1.82, 2.24) is 0 Å². The molecule has 1 aromatic carbocycles. The molecular weight excluding hydrogens is 388 g/mol. The van der Waals surface area contributed by atoms with E-state index in [9.17, 15) is 14.7 Å². The number of rotatable bonds is 12. The number of aliphatic hydroxyl groups excluding tert-OH is 1. The maximum Gasteiger partial charge on any atom is 0.306 e. The Hall–Kier alpha value is -1.96. The van der Waals surface area contributed by atoms with Gasteiger partial charge in [-0.05, 0) is 18.4 Å². The van der Waals surface area contributed by atoms with E-state index in [-0.39, 0.29) is 31.6 Å². The molecule has 1 aromatic rings. The minimum absolute atomic E-state index is 0.0674. The molecule has 4 atom stereocenters. The molecule has 0 aromatic heterocycles. The van der Waals surface area contributed by atoms with Crippen LogP contribution in [0.4, 0.5) is 0 Å². The monoisotopic (exact) mass is 422 g/mol. The largest absolute Gasteiger partial charge is 0.463 e. The first kappa shape index (κ1) is 24.3. The minimum Gasteiger partial charge on any atom is -0.463 e. The summed E-state index contributed by atoms with van der Waals surface area (Å²) in [7, 11) is 0. The summed E-state index contributed by atoms with van der Waals surface area (Å²) in [6.07, 6.45) is 0.830. The van der Waals surface area contributed by atoms with Gasteiger partial charge in [0.2, 0.25) is 0 Å². The van der Waals surface area contributed by atoms with E-state index in [1.165, 1.54) is 0 Å². The molecule has 1 N–H and O–H groups in total. The van der Waals surface area contributed by atoms with Crippen molar-refractivity contribution in [3.63, 3.8) is 0 Å². The van der Waals surface area contributed by atoms with Crippen molar-refractivity contribution in [1.29, 1.82) is 0 Å². The van der Waals surface area contributed by atoms with Gasteiger partial charge in [0, 0.05) is 19.3 Å². The fourth-order valence-corrected chi connectivity index (χ4v) is 3.25. The molecule has 30 heavy (non-hydrogen) atoms. The van der Waals surface area contributed by atoms with Crippen LogP contribution in [0.2, 0.25) is 0 Å². The first-order valence-corrected chi connectivity index (χ1v) is 10.9. The van der Waals surface area contributed by atoms with Gasteiger partial charge in [-0.2, -0.15) is 0 Å². The fraction of sp³-hybridized carbons (Fsp3) is 0.652. The molecule has 1 unspecified atom stereocenters. The summed E-state index contributed by atoms with van der Waals surface area (Å²) in [4.78, 5) is 24.1. The Morgan fingerprint density at radius 2 is 1.73 bits per heavy atom. The Morgan fingerprint density at radius 1 is 1.07 bits per heavy atom. The van der Waals surface area contributed by atoms with Crippen molar-refractivity contribution < 1.29 is 33.6 Å². The van der Waals surface area contributed by atoms with Crippen LogP contribution < -0.4 is 0 Å². The highest BCUT2D eigenvalue weighted by molar-refractivity contribution is 5.69. The average Bonchev–Trinajstić information content (AvgIpc) is 2.74. The number of carbonyl (C=O) groups excluding carboxylic acids is 2. The van der Waals surface area contributed by atoms with Crippen LogP contribution in [0.25, 0.3) is 0 Å². The summed E-state index contributed by atoms with van der Waals surface area (Å²) < 4.78 is 22.6. The van der Waals surface area contributed by atoms with Crippen LogP contribution in [0.5, 0.6) is 0 Å². The molecule has 2 rings (SSSR count). The number of hydrogen-bond donors (Lipinski definition) is 1. The lowest BCUT2D eigenvalue weighted by atomic mass is 10.0. The molecule has 0 bridgehead atoms. The Morgan fingerprint density at radius 3 is 2.40 bits per heavy atom. The van der Waals surface area contributed by atoms with Crippen molar-refractivity contribution >= 4 is 11.9 Å². The third-order valence-corrected chi connectivity index (χ3v) is 4.94. The zero-order chi connectivity index (χ0) is 21.8. The molecule has 1 heterocycles. The van der Waals surface area contributed by atoms with Crippen LogP contribution in [0.15, 0.2) is 30.3 Å². The minimum atomic E-state index is -1.12. The lowest BCUT2D eigenvalue weighted by molar-refractivity contribution is -0.259. The number of unbranched alkanes of at least 4 members (excludes halogenated alkanes) is 2. The summed E-state index contributed by atoms with van der Waals surface area (Å²) in [6.45, 7) is 4.22. The van der Waals surface area contributed by atoms with Crippen LogP contribution in [0.3, 0.4) is 0 Å². The van der Waals surface area contributed by atoms with Crippen molar-refractivity contribution in [2.45, 2.75) is 90.0 Å². The smallest absolute Gasteiger partial charge is 0.306 e. The highest BCUT2D eigenvalue weighted by atomic mass is 16.7. The van der Waals surface area contributed by atoms with Crippen molar-refractivity contribution in [3.05, 3.63) is 35.9 Å². The van der Waals surface area contributed by atoms with Crippen molar-refractivity contribution in [2.75, 3.05) is 6.61 Å². The van der Waals surface area contributed by atoms with Crippen molar-refractivity contribution in [3.8, 4) is 0 Å². The van der Waals surface area contributed by atoms with Gasteiger partial charge in [0.25, 0.3) is 0 Å². The molecule has 0 amide bonds. The second-order valence-electron chi connectivity index (χ2n) is 7.54. The zero-order valence-electron chi connectivity index (χ0n) is 18.0. The fourth-order valence-electron chi connectivity index (χ4n) is 3.25. The lowest BCUT2D eigenvalue weighted by Crippen LogP contribution is -2.53. The van der Waals surface area contributed by atoms with E-state index in [1.54, 1.807) is 0 Å². The van der Waals surface area contributed by atoms with E-state index in [1.807, 2.05) is 44.2 Å². The number of aliphatic hydroxyl groups is 1. The molecule has 1 saturated heterocycles. The first-order chi connectivity index (χ1) is 14.5. The molecule has 7 heteroatoms. The highest BCUT2D eigenvalue weighted by Crippen LogP contribution is 2.26. The highest BCUT2D eigenvalue weighted by Gasteiger charge is 2.42. The van der Waals surface area contributed by atoms with Gasteiger partial charge in [-0.15, -0.1) is 0 Å². The number of hydrogen-bond acceptors (Lipinski definition) is 7. The first-order valence-electron chi connectivity index (χ1n) is 10.9. The number of esters is 2. The van der Waals surface area contributed by atoms with E-state index in [4.69, 9.17) is 18.9 Å². The Kier molecular flexibility index (Phi) is 10.8. The molecule has 1 aliphatic rings. The van der Waals surface area contributed by atoms with Gasteiger partial charge in [0.1, 0.15) is 24.9 Å². The van der Waals surface area contributed by atoms with E-state index >= 15 is 0 Å². The van der Waals surface area contributed by atoms with E-state index in [0.29, 0.717) is 12.8 Å². The summed E-state index contributed by atoms with van der Waals surface area (Å²) in [5.41, 5.74) is 0.957. The van der Waals surface area contributed by atoms with Gasteiger partial charge in [-0.3, -0.25) is 9.59 Å². The predicted molar refractivity (Wildman–Crippen MR) is 110 cm³/mol. The number of benzene rings is 1. The topological polar surface area (TPSA) is 91.3 Å². The molecule has 1 aliphatic heterocycles. The second-order valence-corrected chi connectivity index (χ2v) is 7.54. The van der Waals surface area contributed by atoms with Crippen LogP contribution >= 0.6 is 0 Å². The maximum atomic E-state index is 12.2. The third kappa shape index (κ3) is 8.42. The SMILES string of the molecule is CCCCC(=O)OC[C@H]1OC(O)C[C@@H](OC(=O)CCCC)[C@@H]1OCc1ccccc1. The molecular formula is C23H34O7. The second kappa shape index (κ2) is 13.4. The Labute approximate surface area is 178 Å². The molecule has 0 aliphatic carbocycles. The summed E-state index contributed by atoms with van der Waals surface area (Å²) in [5.74, 6) is -0.651. The van der Waals surface area contributed by atoms with Crippen molar-refractivity contribution in [2.24, 2.45) is 0 Å². The van der Waals surface area contributed by atoms with E-state index in [2.05, 4.69) is 0 Å². The number of ether oxygens (including phenoxy) is 4. The van der Waals surface area contributed by atoms with Crippen LogP contribution in [-0.4, -0.2) is 48.3 Å². The van der Waals surface area contributed by atoms with Gasteiger partial charge < -0.3 is 24.1 Å². The van der Waals surface area contributed by atoms with Gasteiger partial charge in [0.15, 0.2) is 6.29 Å². The predicted octanol–water partition coefficient (Wildman–Crippen LogP) is 3.51. The van der Waals surface area contributed by atoms with E-state index in [0.717, 1.165) is 31.2 Å². The van der Waals surface area contributed by atoms with Gasteiger partial charge in [-0.25, -0.2) is 0 Å². The lowest BCUT2D eigenvalue weighted by Gasteiger charge is -2.39.